The second-order valence-corrected chi connectivity index (χ2v) is 9.83. The van der Waals surface area contributed by atoms with Crippen molar-refractivity contribution in [1.82, 2.24) is 39.4 Å². The second-order valence-electron chi connectivity index (χ2n) is 9.83. The lowest BCUT2D eigenvalue weighted by molar-refractivity contribution is 0.441. The van der Waals surface area contributed by atoms with E-state index in [0.717, 1.165) is 44.0 Å². The fourth-order valence-corrected chi connectivity index (χ4v) is 4.75. The molecule has 5 heterocycles. The van der Waals surface area contributed by atoms with Crippen molar-refractivity contribution in [2.24, 2.45) is 5.92 Å². The van der Waals surface area contributed by atoms with E-state index in [1.54, 1.807) is 27.8 Å². The fourth-order valence-electron chi connectivity index (χ4n) is 4.75. The van der Waals surface area contributed by atoms with Crippen LogP contribution in [0.15, 0.2) is 54.2 Å². The first-order valence-corrected chi connectivity index (χ1v) is 12.7. The molecule has 0 aromatic carbocycles. The molecule has 1 aliphatic rings. The second kappa shape index (κ2) is 10.6. The number of nitrogens with one attached hydrogen (secondary N) is 2. The first-order chi connectivity index (χ1) is 17.9. The Hall–Kier alpha value is -3.99. The number of piperidine rings is 1. The fraction of sp³-hybridized carbons (Fsp3) is 0.423. The third-order valence-corrected chi connectivity index (χ3v) is 6.57. The number of fused-ring (bicyclic) bond motifs is 1. The molecule has 0 unspecified atom stereocenters. The van der Waals surface area contributed by atoms with E-state index in [1.165, 1.54) is 0 Å². The zero-order valence-electron chi connectivity index (χ0n) is 21.6. The van der Waals surface area contributed by atoms with Crippen LogP contribution >= 0.6 is 0 Å². The van der Waals surface area contributed by atoms with Gasteiger partial charge in [-0.3, -0.25) is 9.48 Å². The molecule has 1 saturated heterocycles. The molecule has 5 rings (SSSR count). The van der Waals surface area contributed by atoms with Crippen molar-refractivity contribution in [3.63, 3.8) is 0 Å². The molecule has 4 aromatic heterocycles. The SMILES string of the molecule is C=CCn1c(=O)c2cnc(Nc3cnn(CC(C)C)c3)nc2n1-c1cccc(N(C)C2CCNCC2)n1. The summed E-state index contributed by atoms with van der Waals surface area (Å²) in [5, 5.41) is 11.4. The molecule has 0 radical (unpaired) electrons. The Morgan fingerprint density at radius 3 is 2.81 bits per heavy atom. The molecule has 0 atom stereocenters. The van der Waals surface area contributed by atoms with Crippen molar-refractivity contribution in [2.75, 3.05) is 30.4 Å². The van der Waals surface area contributed by atoms with E-state index >= 15 is 0 Å². The summed E-state index contributed by atoms with van der Waals surface area (Å²) in [6.45, 7) is 11.3. The summed E-state index contributed by atoms with van der Waals surface area (Å²) < 4.78 is 5.23. The highest BCUT2D eigenvalue weighted by molar-refractivity contribution is 5.77. The van der Waals surface area contributed by atoms with Crippen LogP contribution in [0, 0.1) is 5.92 Å². The van der Waals surface area contributed by atoms with Crippen molar-refractivity contribution < 1.29 is 0 Å². The van der Waals surface area contributed by atoms with Crippen molar-refractivity contribution in [2.45, 2.75) is 45.8 Å². The average molecular weight is 503 g/mol. The molecule has 194 valence electrons. The Kier molecular flexibility index (Phi) is 7.04. The van der Waals surface area contributed by atoms with Crippen molar-refractivity contribution in [3.05, 3.63) is 59.8 Å². The minimum absolute atomic E-state index is 0.190. The smallest absolute Gasteiger partial charge is 0.278 e. The number of pyridine rings is 1. The van der Waals surface area contributed by atoms with Gasteiger partial charge in [-0.05, 0) is 44.0 Å². The third kappa shape index (κ3) is 5.12. The molecule has 0 amide bonds. The zero-order chi connectivity index (χ0) is 25.9. The van der Waals surface area contributed by atoms with E-state index in [1.807, 2.05) is 29.1 Å². The lowest BCUT2D eigenvalue weighted by atomic mass is 10.1. The average Bonchev–Trinajstić information content (AvgIpc) is 3.45. The Balaban J connectivity index is 1.54. The van der Waals surface area contributed by atoms with Crippen LogP contribution in [0.4, 0.5) is 17.5 Å². The Bertz CT molecular complexity index is 1440. The van der Waals surface area contributed by atoms with Gasteiger partial charge in [0.25, 0.3) is 5.56 Å². The molecule has 11 heteroatoms. The van der Waals surface area contributed by atoms with E-state index in [2.05, 4.69) is 53.1 Å². The molecular formula is C26H34N10O. The van der Waals surface area contributed by atoms with E-state index in [0.29, 0.717) is 41.3 Å². The number of hydrogen-bond donors (Lipinski definition) is 2. The predicted molar refractivity (Wildman–Crippen MR) is 146 cm³/mol. The number of nitrogens with zero attached hydrogens (tertiary/aromatic N) is 8. The van der Waals surface area contributed by atoms with Gasteiger partial charge in [-0.2, -0.15) is 10.1 Å². The largest absolute Gasteiger partial charge is 0.357 e. The Morgan fingerprint density at radius 2 is 2.05 bits per heavy atom. The summed E-state index contributed by atoms with van der Waals surface area (Å²) >= 11 is 0. The molecular weight excluding hydrogens is 468 g/mol. The summed E-state index contributed by atoms with van der Waals surface area (Å²) in [6, 6.07) is 6.27. The highest BCUT2D eigenvalue weighted by Gasteiger charge is 2.21. The molecule has 4 aromatic rings. The summed E-state index contributed by atoms with van der Waals surface area (Å²) in [5.41, 5.74) is 1.07. The summed E-state index contributed by atoms with van der Waals surface area (Å²) in [5.74, 6) is 2.33. The van der Waals surface area contributed by atoms with Crippen LogP contribution in [0.25, 0.3) is 16.9 Å². The van der Waals surface area contributed by atoms with E-state index < -0.39 is 0 Å². The quantitative estimate of drug-likeness (QED) is 0.336. The number of rotatable bonds is 9. The van der Waals surface area contributed by atoms with Gasteiger partial charge in [-0.15, -0.1) is 6.58 Å². The molecule has 0 spiro atoms. The van der Waals surface area contributed by atoms with Crippen LogP contribution in [-0.4, -0.2) is 60.3 Å². The van der Waals surface area contributed by atoms with Gasteiger partial charge < -0.3 is 15.5 Å². The van der Waals surface area contributed by atoms with Gasteiger partial charge in [-0.1, -0.05) is 26.0 Å². The maximum atomic E-state index is 13.3. The molecule has 11 nitrogen and oxygen atoms in total. The minimum atomic E-state index is -0.190. The van der Waals surface area contributed by atoms with Crippen molar-refractivity contribution in [1.29, 1.82) is 0 Å². The molecule has 1 aliphatic heterocycles. The van der Waals surface area contributed by atoms with Gasteiger partial charge in [-0.25, -0.2) is 19.3 Å². The molecule has 2 N–H and O–H groups in total. The topological polar surface area (TPSA) is 111 Å². The van der Waals surface area contributed by atoms with E-state index in [-0.39, 0.29) is 5.56 Å². The highest BCUT2D eigenvalue weighted by Crippen LogP contribution is 2.22. The predicted octanol–water partition coefficient (Wildman–Crippen LogP) is 2.95. The van der Waals surface area contributed by atoms with Crippen molar-refractivity contribution >= 4 is 28.5 Å². The van der Waals surface area contributed by atoms with E-state index in [4.69, 9.17) is 9.97 Å². The molecule has 0 bridgehead atoms. The maximum Gasteiger partial charge on any atom is 0.278 e. The van der Waals surface area contributed by atoms with Gasteiger partial charge >= 0.3 is 0 Å². The summed E-state index contributed by atoms with van der Waals surface area (Å²) in [6.07, 6.45) is 9.04. The van der Waals surface area contributed by atoms with Crippen LogP contribution < -0.4 is 21.1 Å². The first-order valence-electron chi connectivity index (χ1n) is 12.7. The molecule has 1 fully saturated rings. The van der Waals surface area contributed by atoms with Gasteiger partial charge in [0.05, 0.1) is 18.4 Å². The summed E-state index contributed by atoms with van der Waals surface area (Å²) in [7, 11) is 2.08. The third-order valence-electron chi connectivity index (χ3n) is 6.57. The van der Waals surface area contributed by atoms with Crippen LogP contribution in [0.5, 0.6) is 0 Å². The van der Waals surface area contributed by atoms with Crippen LogP contribution in [-0.2, 0) is 13.1 Å². The van der Waals surface area contributed by atoms with Gasteiger partial charge in [0.1, 0.15) is 11.2 Å². The normalized spacial score (nSPS) is 14.4. The standard InChI is InChI=1S/C26H34N10O/c1-5-13-35-25(37)21-15-28-26(30-19-14-29-34(17-19)16-18(2)3)32-24(21)36(35)23-8-6-7-22(31-23)33(4)20-9-11-27-12-10-20/h5-8,14-15,17-18,20,27H,1,9-13,16H2,2-4H3,(H,28,30,32). The lowest BCUT2D eigenvalue weighted by Gasteiger charge is -2.32. The Labute approximate surface area is 215 Å². The highest BCUT2D eigenvalue weighted by atomic mass is 16.1. The van der Waals surface area contributed by atoms with Crippen LogP contribution in [0.3, 0.4) is 0 Å². The summed E-state index contributed by atoms with van der Waals surface area (Å²) in [4.78, 5) is 29.6. The molecule has 37 heavy (non-hydrogen) atoms. The molecule has 0 saturated carbocycles. The monoisotopic (exact) mass is 502 g/mol. The maximum absolute atomic E-state index is 13.3. The number of hydrogen-bond acceptors (Lipinski definition) is 8. The van der Waals surface area contributed by atoms with Gasteiger partial charge in [0.2, 0.25) is 5.95 Å². The van der Waals surface area contributed by atoms with Crippen molar-refractivity contribution in [3.8, 4) is 5.82 Å². The Morgan fingerprint density at radius 1 is 1.24 bits per heavy atom. The first kappa shape index (κ1) is 24.7. The van der Waals surface area contributed by atoms with E-state index in [9.17, 15) is 4.79 Å². The van der Waals surface area contributed by atoms with Gasteiger partial charge in [0.15, 0.2) is 11.5 Å². The zero-order valence-corrected chi connectivity index (χ0v) is 21.6. The van der Waals surface area contributed by atoms with Gasteiger partial charge in [0, 0.05) is 32.0 Å². The lowest BCUT2D eigenvalue weighted by Crippen LogP contribution is -2.41. The van der Waals surface area contributed by atoms with Crippen LogP contribution in [0.1, 0.15) is 26.7 Å². The number of allylic oxidation sites excluding steroid dienone is 1. The molecule has 0 aliphatic carbocycles. The minimum Gasteiger partial charge on any atom is -0.357 e. The number of aromatic nitrogens is 7. The van der Waals surface area contributed by atoms with Crippen LogP contribution in [0.2, 0.25) is 0 Å². The number of anilines is 3.